The van der Waals surface area contributed by atoms with E-state index in [0.29, 0.717) is 0 Å². The van der Waals surface area contributed by atoms with Crippen molar-refractivity contribution >= 4 is 17.2 Å². The number of nitrogens with one attached hydrogen (secondary N) is 1. The van der Waals surface area contributed by atoms with Crippen molar-refractivity contribution in [2.24, 2.45) is 0 Å². The Kier molecular flexibility index (Phi) is 4.50. The van der Waals surface area contributed by atoms with Crippen LogP contribution in [0.4, 0.5) is 0 Å². The van der Waals surface area contributed by atoms with E-state index in [1.807, 2.05) is 24.7 Å². The number of aromatic nitrogens is 3. The minimum absolute atomic E-state index is 0.00485. The summed E-state index contributed by atoms with van der Waals surface area (Å²) in [4.78, 5) is 23.2. The van der Waals surface area contributed by atoms with Crippen molar-refractivity contribution < 1.29 is 4.79 Å². The van der Waals surface area contributed by atoms with Gasteiger partial charge in [-0.15, -0.1) is 11.3 Å². The van der Waals surface area contributed by atoms with Crippen molar-refractivity contribution in [3.05, 3.63) is 34.3 Å². The zero-order valence-electron chi connectivity index (χ0n) is 13.9. The SMILES string of the molecule is CCn1ccnc1CN1CCC(NC(C)=O)(c2nc(C)cs2)C1. The number of nitrogens with zero attached hydrogens (tertiary/aromatic N) is 4. The molecule has 6 nitrogen and oxygen atoms in total. The van der Waals surface area contributed by atoms with E-state index in [1.54, 1.807) is 18.3 Å². The predicted molar refractivity (Wildman–Crippen MR) is 90.1 cm³/mol. The smallest absolute Gasteiger partial charge is 0.217 e. The van der Waals surface area contributed by atoms with Crippen LogP contribution in [0.15, 0.2) is 17.8 Å². The summed E-state index contributed by atoms with van der Waals surface area (Å²) in [6, 6.07) is 0. The molecule has 1 atom stereocenters. The van der Waals surface area contributed by atoms with E-state index in [-0.39, 0.29) is 11.4 Å². The van der Waals surface area contributed by atoms with E-state index in [1.165, 1.54) is 0 Å². The predicted octanol–water partition coefficient (Wildman–Crippen LogP) is 1.91. The van der Waals surface area contributed by atoms with Gasteiger partial charge in [-0.3, -0.25) is 9.69 Å². The van der Waals surface area contributed by atoms with Crippen LogP contribution in [0.2, 0.25) is 0 Å². The lowest BCUT2D eigenvalue weighted by Gasteiger charge is -2.28. The average molecular weight is 333 g/mol. The van der Waals surface area contributed by atoms with Crippen LogP contribution in [-0.4, -0.2) is 38.4 Å². The van der Waals surface area contributed by atoms with Crippen LogP contribution in [0.1, 0.15) is 36.8 Å². The zero-order valence-corrected chi connectivity index (χ0v) is 14.7. The van der Waals surface area contributed by atoms with E-state index in [0.717, 1.165) is 49.1 Å². The van der Waals surface area contributed by atoms with Crippen molar-refractivity contribution in [2.45, 2.75) is 45.8 Å². The molecule has 0 bridgehead atoms. The highest BCUT2D eigenvalue weighted by molar-refractivity contribution is 7.09. The van der Waals surface area contributed by atoms with Crippen molar-refractivity contribution in [3.8, 4) is 0 Å². The number of amides is 1. The zero-order chi connectivity index (χ0) is 16.4. The monoisotopic (exact) mass is 333 g/mol. The molecule has 1 saturated heterocycles. The van der Waals surface area contributed by atoms with Gasteiger partial charge in [0.2, 0.25) is 5.91 Å². The molecule has 0 radical (unpaired) electrons. The number of rotatable bonds is 5. The molecule has 23 heavy (non-hydrogen) atoms. The minimum atomic E-state index is -0.367. The maximum atomic E-state index is 11.7. The van der Waals surface area contributed by atoms with E-state index >= 15 is 0 Å². The number of aryl methyl sites for hydroxylation is 2. The van der Waals surface area contributed by atoms with Crippen molar-refractivity contribution in [1.29, 1.82) is 0 Å². The van der Waals surface area contributed by atoms with E-state index in [4.69, 9.17) is 0 Å². The van der Waals surface area contributed by atoms with Crippen molar-refractivity contribution in [3.63, 3.8) is 0 Å². The second-order valence-electron chi connectivity index (χ2n) is 6.15. The highest BCUT2D eigenvalue weighted by Crippen LogP contribution is 2.34. The maximum Gasteiger partial charge on any atom is 0.217 e. The van der Waals surface area contributed by atoms with Gasteiger partial charge in [-0.2, -0.15) is 0 Å². The lowest BCUT2D eigenvalue weighted by atomic mass is 9.99. The number of carbonyl (C=O) groups excluding carboxylic acids is 1. The number of imidazole rings is 1. The lowest BCUT2D eigenvalue weighted by Crippen LogP contribution is -2.47. The lowest BCUT2D eigenvalue weighted by molar-refractivity contribution is -0.120. The van der Waals surface area contributed by atoms with Gasteiger partial charge in [-0.25, -0.2) is 9.97 Å². The summed E-state index contributed by atoms with van der Waals surface area (Å²) in [5.41, 5.74) is 0.642. The summed E-state index contributed by atoms with van der Waals surface area (Å²) >= 11 is 1.63. The second-order valence-corrected chi connectivity index (χ2v) is 7.01. The molecule has 0 saturated carbocycles. The Bertz CT molecular complexity index is 694. The first-order valence-corrected chi connectivity index (χ1v) is 8.84. The van der Waals surface area contributed by atoms with E-state index in [2.05, 4.69) is 31.7 Å². The van der Waals surface area contributed by atoms with Crippen LogP contribution < -0.4 is 5.32 Å². The van der Waals surface area contributed by atoms with E-state index < -0.39 is 0 Å². The number of likely N-dealkylation sites (tertiary alicyclic amines) is 1. The third-order valence-electron chi connectivity index (χ3n) is 4.30. The van der Waals surface area contributed by atoms with Crippen LogP contribution in [0.3, 0.4) is 0 Å². The third-order valence-corrected chi connectivity index (χ3v) is 5.46. The summed E-state index contributed by atoms with van der Waals surface area (Å²) in [5, 5.41) is 6.22. The van der Waals surface area contributed by atoms with Crippen molar-refractivity contribution in [1.82, 2.24) is 24.8 Å². The quantitative estimate of drug-likeness (QED) is 0.908. The number of hydrogen-bond donors (Lipinski definition) is 1. The summed E-state index contributed by atoms with van der Waals surface area (Å²) < 4.78 is 2.16. The second kappa shape index (κ2) is 6.41. The first-order chi connectivity index (χ1) is 11.0. The molecule has 0 spiro atoms. The van der Waals surface area contributed by atoms with Crippen LogP contribution in [0, 0.1) is 6.92 Å². The maximum absolute atomic E-state index is 11.7. The summed E-state index contributed by atoms with van der Waals surface area (Å²) in [6.07, 6.45) is 4.74. The molecule has 0 aliphatic carbocycles. The largest absolute Gasteiger partial charge is 0.343 e. The molecule has 1 fully saturated rings. The normalized spacial score (nSPS) is 21.7. The van der Waals surface area contributed by atoms with Gasteiger partial charge in [-0.1, -0.05) is 0 Å². The molecule has 0 aromatic carbocycles. The van der Waals surface area contributed by atoms with Gasteiger partial charge in [0.05, 0.1) is 6.54 Å². The van der Waals surface area contributed by atoms with Gasteiger partial charge in [0.25, 0.3) is 0 Å². The molecule has 2 aromatic heterocycles. The number of carbonyl (C=O) groups is 1. The van der Waals surface area contributed by atoms with Crippen molar-refractivity contribution in [2.75, 3.05) is 13.1 Å². The molecule has 7 heteroatoms. The van der Waals surface area contributed by atoms with Gasteiger partial charge in [0.15, 0.2) is 0 Å². The average Bonchev–Trinajstić information content (AvgIpc) is 3.20. The molecule has 1 aliphatic heterocycles. The number of hydrogen-bond acceptors (Lipinski definition) is 5. The molecule has 1 aliphatic rings. The Labute approximate surface area is 140 Å². The molecule has 2 aromatic rings. The Morgan fingerprint density at radius 3 is 3.00 bits per heavy atom. The van der Waals surface area contributed by atoms with Crippen LogP contribution in [0.5, 0.6) is 0 Å². The Balaban J connectivity index is 1.79. The fourth-order valence-corrected chi connectivity index (χ4v) is 4.22. The van der Waals surface area contributed by atoms with Gasteiger partial charge < -0.3 is 9.88 Å². The van der Waals surface area contributed by atoms with Crippen LogP contribution in [-0.2, 0) is 23.4 Å². The molecule has 1 amide bonds. The summed E-state index contributed by atoms with van der Waals surface area (Å²) in [7, 11) is 0. The molecular weight excluding hydrogens is 310 g/mol. The van der Waals surface area contributed by atoms with Crippen LogP contribution in [0.25, 0.3) is 0 Å². The Morgan fingerprint density at radius 1 is 1.52 bits per heavy atom. The summed E-state index contributed by atoms with van der Waals surface area (Å²) in [6.45, 7) is 9.11. The fraction of sp³-hybridized carbons (Fsp3) is 0.562. The topological polar surface area (TPSA) is 63.1 Å². The fourth-order valence-electron chi connectivity index (χ4n) is 3.24. The Hall–Kier alpha value is -1.73. The highest BCUT2D eigenvalue weighted by atomic mass is 32.1. The first kappa shape index (κ1) is 16.1. The molecule has 1 N–H and O–H groups in total. The first-order valence-electron chi connectivity index (χ1n) is 7.96. The third kappa shape index (κ3) is 3.30. The minimum Gasteiger partial charge on any atom is -0.343 e. The highest BCUT2D eigenvalue weighted by Gasteiger charge is 2.42. The molecule has 1 unspecified atom stereocenters. The number of thiazole rings is 1. The summed E-state index contributed by atoms with van der Waals surface area (Å²) in [5.74, 6) is 1.07. The van der Waals surface area contributed by atoms with Crippen LogP contribution >= 0.6 is 11.3 Å². The molecule has 3 heterocycles. The van der Waals surface area contributed by atoms with Gasteiger partial charge in [-0.05, 0) is 20.3 Å². The molecular formula is C16H23N5OS. The van der Waals surface area contributed by atoms with E-state index in [9.17, 15) is 4.79 Å². The standard InChI is InChI=1S/C16H23N5OS/c1-4-21-8-6-17-14(21)9-20-7-5-16(11-20,19-13(3)22)15-18-12(2)10-23-15/h6,8,10H,4-5,7,9,11H2,1-3H3,(H,19,22). The van der Waals surface area contributed by atoms with Gasteiger partial charge in [0, 0.05) is 50.0 Å². The van der Waals surface area contributed by atoms with Gasteiger partial charge in [0.1, 0.15) is 16.4 Å². The van der Waals surface area contributed by atoms with Gasteiger partial charge >= 0.3 is 0 Å². The molecule has 3 rings (SSSR count). The Morgan fingerprint density at radius 2 is 2.35 bits per heavy atom. The molecule has 124 valence electrons.